The molecule has 6 nitrogen and oxygen atoms in total. The van der Waals surface area contributed by atoms with Gasteiger partial charge in [-0.05, 0) is 6.07 Å². The van der Waals surface area contributed by atoms with Gasteiger partial charge in [0, 0.05) is 16.7 Å². The summed E-state index contributed by atoms with van der Waals surface area (Å²) in [5.41, 5.74) is -0.288. The molecule has 8 heteroatoms. The molecule has 0 radical (unpaired) electrons. The molecule has 0 aliphatic carbocycles. The maximum atomic E-state index is 10.6. The van der Waals surface area contributed by atoms with Crippen molar-refractivity contribution in [3.8, 4) is 0 Å². The van der Waals surface area contributed by atoms with Gasteiger partial charge in [-0.15, -0.1) is 0 Å². The average molecular weight is 223 g/mol. The van der Waals surface area contributed by atoms with E-state index in [4.69, 9.17) is 10.7 Å². The van der Waals surface area contributed by atoms with Crippen LogP contribution in [-0.2, 0) is 9.05 Å². The van der Waals surface area contributed by atoms with Crippen molar-refractivity contribution in [3.63, 3.8) is 0 Å². The monoisotopic (exact) mass is 222 g/mol. The zero-order valence-electron chi connectivity index (χ0n) is 6.05. The van der Waals surface area contributed by atoms with E-state index in [9.17, 15) is 18.5 Å². The van der Waals surface area contributed by atoms with Crippen LogP contribution in [0.4, 0.5) is 5.69 Å². The van der Waals surface area contributed by atoms with Gasteiger partial charge in [-0.3, -0.25) is 10.1 Å². The van der Waals surface area contributed by atoms with E-state index in [1.165, 1.54) is 0 Å². The van der Waals surface area contributed by atoms with E-state index in [1.807, 2.05) is 0 Å². The minimum Gasteiger partial charge on any atom is -0.258 e. The Morgan fingerprint density at radius 1 is 1.46 bits per heavy atom. The summed E-state index contributed by atoms with van der Waals surface area (Å²) in [6.07, 6.45) is 0.829. The first-order chi connectivity index (χ1) is 5.91. The number of rotatable bonds is 2. The van der Waals surface area contributed by atoms with E-state index in [1.54, 1.807) is 0 Å². The Morgan fingerprint density at radius 3 is 2.38 bits per heavy atom. The molecule has 0 saturated carbocycles. The number of pyridine rings is 1. The zero-order chi connectivity index (χ0) is 10.1. The fourth-order valence-corrected chi connectivity index (χ4v) is 1.31. The van der Waals surface area contributed by atoms with Crippen LogP contribution in [0.3, 0.4) is 0 Å². The second-order valence-corrected chi connectivity index (χ2v) is 4.56. The molecule has 0 spiro atoms. The molecule has 0 amide bonds. The highest BCUT2D eigenvalue weighted by molar-refractivity contribution is 8.13. The van der Waals surface area contributed by atoms with E-state index in [2.05, 4.69) is 4.98 Å². The maximum Gasteiger partial charge on any atom is 0.287 e. The van der Waals surface area contributed by atoms with Gasteiger partial charge in [0.2, 0.25) is 0 Å². The van der Waals surface area contributed by atoms with Gasteiger partial charge < -0.3 is 0 Å². The van der Waals surface area contributed by atoms with Gasteiger partial charge in [-0.1, -0.05) is 0 Å². The Kier molecular flexibility index (Phi) is 2.48. The Labute approximate surface area is 77.7 Å². The molecule has 13 heavy (non-hydrogen) atoms. The number of aromatic nitrogens is 1. The topological polar surface area (TPSA) is 90.2 Å². The molecule has 0 bridgehead atoms. The molecule has 70 valence electrons. The number of hydrogen-bond acceptors (Lipinski definition) is 5. The van der Waals surface area contributed by atoms with Crippen LogP contribution in [0, 0.1) is 10.1 Å². The molecule has 0 N–H and O–H groups in total. The largest absolute Gasteiger partial charge is 0.287 e. The molecule has 0 saturated heterocycles. The second-order valence-electron chi connectivity index (χ2n) is 2.05. The average Bonchev–Trinajstić information content (AvgIpc) is 2.03. The standard InChI is InChI=1S/C5H3ClN2O4S/c6-13(11,12)5-2-1-4(3-7-5)8(9)10/h1-3H. The highest BCUT2D eigenvalue weighted by Gasteiger charge is 2.13. The van der Waals surface area contributed by atoms with Gasteiger partial charge in [-0.25, -0.2) is 13.4 Å². The minimum atomic E-state index is -3.91. The molecule has 1 aromatic heterocycles. The van der Waals surface area contributed by atoms with Gasteiger partial charge in [-0.2, -0.15) is 0 Å². The van der Waals surface area contributed by atoms with Crippen molar-refractivity contribution in [2.45, 2.75) is 5.03 Å². The van der Waals surface area contributed by atoms with Gasteiger partial charge in [0.15, 0.2) is 5.03 Å². The summed E-state index contributed by atoms with van der Waals surface area (Å²) in [6.45, 7) is 0. The minimum absolute atomic E-state index is 0.288. The van der Waals surface area contributed by atoms with Crippen LogP contribution < -0.4 is 0 Å². The van der Waals surface area contributed by atoms with Crippen molar-refractivity contribution in [2.75, 3.05) is 0 Å². The van der Waals surface area contributed by atoms with Crippen LogP contribution in [0.2, 0.25) is 0 Å². The van der Waals surface area contributed by atoms with E-state index in [0.29, 0.717) is 0 Å². The normalized spacial score (nSPS) is 11.2. The third kappa shape index (κ3) is 2.36. The van der Waals surface area contributed by atoms with E-state index in [0.717, 1.165) is 18.3 Å². The van der Waals surface area contributed by atoms with Crippen LogP contribution in [0.5, 0.6) is 0 Å². The smallest absolute Gasteiger partial charge is 0.258 e. The molecule has 0 unspecified atom stereocenters. The van der Waals surface area contributed by atoms with Gasteiger partial charge in [0.05, 0.1) is 4.92 Å². The van der Waals surface area contributed by atoms with Crippen LogP contribution in [0.25, 0.3) is 0 Å². The lowest BCUT2D eigenvalue weighted by Crippen LogP contribution is -1.96. The fraction of sp³-hybridized carbons (Fsp3) is 0. The zero-order valence-corrected chi connectivity index (χ0v) is 7.62. The Morgan fingerprint density at radius 2 is 2.08 bits per heavy atom. The third-order valence-corrected chi connectivity index (χ3v) is 2.40. The molecule has 0 fully saturated rings. The highest BCUT2D eigenvalue weighted by Crippen LogP contribution is 2.15. The van der Waals surface area contributed by atoms with E-state index >= 15 is 0 Å². The predicted molar refractivity (Wildman–Crippen MR) is 43.9 cm³/mol. The fourth-order valence-electron chi connectivity index (χ4n) is 0.625. The van der Waals surface area contributed by atoms with Crippen LogP contribution >= 0.6 is 10.7 Å². The van der Waals surface area contributed by atoms with Gasteiger partial charge >= 0.3 is 0 Å². The first-order valence-electron chi connectivity index (χ1n) is 2.96. The molecular formula is C5H3ClN2O4S. The van der Waals surface area contributed by atoms with Crippen molar-refractivity contribution < 1.29 is 13.3 Å². The second kappa shape index (κ2) is 3.27. The first kappa shape index (κ1) is 9.87. The summed E-state index contributed by atoms with van der Waals surface area (Å²) < 4.78 is 21.3. The molecule has 0 aromatic carbocycles. The van der Waals surface area contributed by atoms with Crippen molar-refractivity contribution in [1.82, 2.24) is 4.98 Å². The van der Waals surface area contributed by atoms with Crippen LogP contribution in [0.1, 0.15) is 0 Å². The summed E-state index contributed by atoms with van der Waals surface area (Å²) in [6, 6.07) is 1.99. The molecular weight excluding hydrogens is 220 g/mol. The summed E-state index contributed by atoms with van der Waals surface area (Å²) in [5, 5.41) is 9.74. The number of halogens is 1. The highest BCUT2D eigenvalue weighted by atomic mass is 35.7. The number of nitro groups is 1. The van der Waals surface area contributed by atoms with Gasteiger partial charge in [0.25, 0.3) is 14.7 Å². The van der Waals surface area contributed by atoms with E-state index in [-0.39, 0.29) is 5.69 Å². The maximum absolute atomic E-state index is 10.6. The number of nitrogens with zero attached hydrogens (tertiary/aromatic N) is 2. The third-order valence-electron chi connectivity index (χ3n) is 1.18. The molecule has 1 rings (SSSR count). The summed E-state index contributed by atoms with van der Waals surface area (Å²) in [7, 11) is 1.02. The Hall–Kier alpha value is -1.21. The molecule has 1 heterocycles. The lowest BCUT2D eigenvalue weighted by Gasteiger charge is -1.93. The van der Waals surface area contributed by atoms with Gasteiger partial charge in [0.1, 0.15) is 6.20 Å². The number of hydrogen-bond donors (Lipinski definition) is 0. The van der Waals surface area contributed by atoms with Crippen LogP contribution in [0.15, 0.2) is 23.4 Å². The lowest BCUT2D eigenvalue weighted by molar-refractivity contribution is -0.385. The molecule has 0 atom stereocenters. The van der Waals surface area contributed by atoms with Crippen molar-refractivity contribution >= 4 is 25.4 Å². The first-order valence-corrected chi connectivity index (χ1v) is 5.27. The summed E-state index contributed by atoms with van der Waals surface area (Å²) >= 11 is 0. The molecule has 1 aromatic rings. The molecule has 0 aliphatic heterocycles. The Balaban J connectivity index is 3.16. The Bertz CT molecular complexity index is 426. The lowest BCUT2D eigenvalue weighted by atomic mass is 10.4. The quantitative estimate of drug-likeness (QED) is 0.422. The summed E-state index contributed by atoms with van der Waals surface area (Å²) in [4.78, 5) is 12.8. The van der Waals surface area contributed by atoms with Crippen LogP contribution in [-0.4, -0.2) is 18.3 Å². The summed E-state index contributed by atoms with van der Waals surface area (Å²) in [5.74, 6) is 0. The molecule has 0 aliphatic rings. The van der Waals surface area contributed by atoms with E-state index < -0.39 is 19.0 Å². The van der Waals surface area contributed by atoms with Crippen molar-refractivity contribution in [2.24, 2.45) is 0 Å². The predicted octanol–water partition coefficient (Wildman–Crippen LogP) is 0.917. The van der Waals surface area contributed by atoms with Crippen molar-refractivity contribution in [1.29, 1.82) is 0 Å². The SMILES string of the molecule is O=[N+]([O-])c1ccc(S(=O)(=O)Cl)nc1. The van der Waals surface area contributed by atoms with Crippen molar-refractivity contribution in [3.05, 3.63) is 28.4 Å².